The lowest BCUT2D eigenvalue weighted by Crippen LogP contribution is -2.83. The summed E-state index contributed by atoms with van der Waals surface area (Å²) < 4.78 is -3.13. The second-order valence-electron chi connectivity index (χ2n) is 27.1. The van der Waals surface area contributed by atoms with Gasteiger partial charge in [-0.3, -0.25) is 0 Å². The monoisotopic (exact) mass is 1500 g/mol. The molecule has 0 aliphatic carbocycles. The van der Waals surface area contributed by atoms with Gasteiger partial charge in [-0.25, -0.2) is 41.2 Å². The summed E-state index contributed by atoms with van der Waals surface area (Å²) in [5.74, 6) is -0.213. The molecule has 552 valence electrons. The maximum absolute atomic E-state index is 13.7. The number of rotatable bonds is 20. The first-order valence-corrected chi connectivity index (χ1v) is 39.3. The number of hydrogen-bond donors (Lipinski definition) is 4. The summed E-state index contributed by atoms with van der Waals surface area (Å²) in [7, 11) is -5.95. The van der Waals surface area contributed by atoms with Crippen LogP contribution in [0.15, 0.2) is 485 Å². The van der Waals surface area contributed by atoms with Gasteiger partial charge in [-0.2, -0.15) is 0 Å². The molecule has 0 atom stereocenters. The van der Waals surface area contributed by atoms with Crippen LogP contribution >= 0.6 is 7.87 Å². The molecule has 16 rings (SSSR count). The third kappa shape index (κ3) is 12.5. The molecule has 0 aliphatic rings. The summed E-state index contributed by atoms with van der Waals surface area (Å²) in [6, 6.07) is 165. The lowest BCUT2D eigenvalue weighted by atomic mass is 10.2. The summed E-state index contributed by atoms with van der Waals surface area (Å²) in [6.07, 6.45) is 0. The number of nitrogens with zero attached hydrogens (tertiary/aromatic N) is 8. The van der Waals surface area contributed by atoms with Crippen LogP contribution in [0.2, 0.25) is 0 Å². The lowest BCUT2D eigenvalue weighted by Gasteiger charge is -2.57. The third-order valence-corrected chi connectivity index (χ3v) is 26.7. The van der Waals surface area contributed by atoms with Gasteiger partial charge in [0.05, 0.1) is 62.5 Å². The molecule has 0 radical (unpaired) electrons. The van der Waals surface area contributed by atoms with E-state index in [-0.39, 0.29) is 29.3 Å². The Bertz CT molecular complexity index is 4770. The van der Waals surface area contributed by atoms with Crippen molar-refractivity contribution in [2.45, 2.75) is 0 Å². The van der Waals surface area contributed by atoms with Gasteiger partial charge in [-0.1, -0.05) is 291 Å². The third-order valence-electron chi connectivity index (χ3n) is 20.8. The molecule has 0 unspecified atom stereocenters. The fourth-order valence-corrected chi connectivity index (χ4v) is 23.8. The van der Waals surface area contributed by atoms with Crippen LogP contribution in [0.5, 0.6) is 0 Å². The molecule has 0 saturated heterocycles. The molecule has 16 aromatic carbocycles. The second kappa shape index (κ2) is 33.5. The molecular formula is C100H86N12OP+5. The van der Waals surface area contributed by atoms with Crippen LogP contribution in [0.3, 0.4) is 0 Å². The number of guanidine groups is 4. The minimum absolute atomic E-state index is 0. The van der Waals surface area contributed by atoms with Crippen molar-refractivity contribution < 1.29 is 5.48 Å². The smallest absolute Gasteiger partial charge is 0.412 e. The first-order chi connectivity index (χ1) is 55.8. The predicted octanol–water partition coefficient (Wildman–Crippen LogP) is 26.3. The van der Waals surface area contributed by atoms with Crippen LogP contribution in [-0.2, 0) is 0 Å². The van der Waals surface area contributed by atoms with E-state index in [0.29, 0.717) is 91.0 Å². The van der Waals surface area contributed by atoms with Gasteiger partial charge >= 0.3 is 31.7 Å². The Hall–Kier alpha value is -14.4. The predicted molar refractivity (Wildman–Crippen MR) is 479 cm³/mol. The van der Waals surface area contributed by atoms with Gasteiger partial charge in [0.15, 0.2) is 45.5 Å². The first-order valence-electron chi connectivity index (χ1n) is 37.7. The lowest BCUT2D eigenvalue weighted by molar-refractivity contribution is 0.548. The molecule has 114 heavy (non-hydrogen) atoms. The van der Waals surface area contributed by atoms with Crippen molar-refractivity contribution in [3.05, 3.63) is 485 Å². The Morgan fingerprint density at radius 1 is 0.149 bits per heavy atom. The van der Waals surface area contributed by atoms with Crippen molar-refractivity contribution in [1.29, 1.82) is 21.6 Å². The van der Waals surface area contributed by atoms with Crippen molar-refractivity contribution in [2.24, 2.45) is 0 Å². The standard InChI is InChI=1S/C100H84N12P.H2O/c101-97(105(81-49-17-1-18-50-81)82-51-19-2-20-52-82)109(89-65-33-9-34-66-89,90-67-35-10-36-68-90)113(110(91-69-37-11-38-70-91,92-71-39-12-40-72-92)98(102)106(83-53-21-3-22-54-83)84-55-23-4-24-56-84,111(93-73-41-13-42-74-93,94-75-43-14-44-76-94)99(103)107(85-57-25-5-26-58-85)86-59-27-6-28-60-86)112(95-77-45-15-46-78-95,96-79-47-16-48-80-96)100(104)108(87-61-29-7-30-62-87)88-63-31-8-32-64-88;/h1-80,101-104H;1H2/q+5;. The molecule has 14 heteroatoms. The normalized spacial score (nSPS) is 12.0. The number of nitrogens with one attached hydrogen (secondary N) is 4. The van der Waals surface area contributed by atoms with E-state index in [2.05, 4.69) is 311 Å². The highest BCUT2D eigenvalue weighted by atomic mass is 31.2. The average molecular weight is 1500 g/mol. The second-order valence-corrected chi connectivity index (χ2v) is 30.6. The van der Waals surface area contributed by atoms with Gasteiger partial charge in [-0.05, 0) is 97.1 Å². The largest absolute Gasteiger partial charge is 0.735 e. The highest BCUT2D eigenvalue weighted by Gasteiger charge is 3.09. The summed E-state index contributed by atoms with van der Waals surface area (Å²) in [5, 5.41) is 55.0. The number of benzene rings is 16. The highest BCUT2D eigenvalue weighted by molar-refractivity contribution is 7.79. The Labute approximate surface area is 667 Å². The van der Waals surface area contributed by atoms with Gasteiger partial charge in [-0.15, -0.1) is 0 Å². The topological polar surface area (TPSA) is 140 Å². The molecule has 0 amide bonds. The number of hydrogen-bond acceptors (Lipinski definition) is 4. The van der Waals surface area contributed by atoms with Crippen LogP contribution in [0.25, 0.3) is 0 Å². The molecular weight excluding hydrogens is 1420 g/mol. The maximum atomic E-state index is 13.7. The zero-order valence-corrected chi connectivity index (χ0v) is 63.6. The van der Waals surface area contributed by atoms with Crippen LogP contribution in [-0.4, -0.2) is 29.3 Å². The molecule has 0 saturated carbocycles. The van der Waals surface area contributed by atoms with Gasteiger partial charge in [0.1, 0.15) is 0 Å². The van der Waals surface area contributed by atoms with Crippen LogP contribution < -0.4 is 36.6 Å². The van der Waals surface area contributed by atoms with Crippen LogP contribution in [0.1, 0.15) is 0 Å². The molecule has 6 N–H and O–H groups in total. The van der Waals surface area contributed by atoms with E-state index in [9.17, 15) is 21.6 Å². The molecule has 0 aliphatic heterocycles. The van der Waals surface area contributed by atoms with E-state index in [4.69, 9.17) is 0 Å². The molecule has 0 spiro atoms. The van der Waals surface area contributed by atoms with E-state index in [1.54, 1.807) is 0 Å². The summed E-state index contributed by atoms with van der Waals surface area (Å²) >= 11 is 0. The fraction of sp³-hybridized carbons (Fsp3) is 0. The number of quaternary nitrogens is 4. The van der Waals surface area contributed by atoms with Gasteiger partial charge in [0.25, 0.3) is 0 Å². The van der Waals surface area contributed by atoms with Gasteiger partial charge < -0.3 is 5.48 Å². The zero-order chi connectivity index (χ0) is 76.9. The molecule has 13 nitrogen and oxygen atoms in total. The molecule has 0 bridgehead atoms. The number of anilines is 8. The summed E-state index contributed by atoms with van der Waals surface area (Å²) in [6.45, 7) is 0. The highest BCUT2D eigenvalue weighted by Crippen LogP contribution is 2.94. The maximum Gasteiger partial charge on any atom is 0.735 e. The van der Waals surface area contributed by atoms with Crippen molar-refractivity contribution in [3.8, 4) is 0 Å². The SMILES string of the molecule is N=C(N(c1ccccc1)c1ccccc1)[N+](c1ccccc1)(c1ccccc1)[P+]([N+](C(=N)N(c1ccccc1)c1ccccc1)(c1ccccc1)c1ccccc1)([N+](C(=N)N(c1ccccc1)c1ccccc1)(c1ccccc1)c1ccccc1)[N+](C(=N)N(c1ccccc1)c1ccccc1)(c1ccccc1)c1ccccc1.O. The summed E-state index contributed by atoms with van der Waals surface area (Å²) in [4.78, 5) is 8.32. The quantitative estimate of drug-likeness (QED) is 0.0343. The Balaban J connectivity index is 0.0000102. The number of para-hydroxylation sites is 16. The molecule has 0 heterocycles. The first kappa shape index (κ1) is 75.1. The fourth-order valence-electron chi connectivity index (χ4n) is 16.4. The van der Waals surface area contributed by atoms with Crippen molar-refractivity contribution in [1.82, 2.24) is 17.0 Å². The van der Waals surface area contributed by atoms with Crippen molar-refractivity contribution in [2.75, 3.05) is 19.6 Å². The summed E-state index contributed by atoms with van der Waals surface area (Å²) in [5.41, 5.74) is 9.28. The minimum atomic E-state index is -5.95. The molecule has 0 aromatic heterocycles. The molecule has 16 aromatic rings. The zero-order valence-electron chi connectivity index (χ0n) is 62.7. The Morgan fingerprint density at radius 2 is 0.237 bits per heavy atom. The van der Waals surface area contributed by atoms with Crippen molar-refractivity contribution >= 4 is 123 Å². The van der Waals surface area contributed by atoms with Crippen LogP contribution in [0.4, 0.5) is 91.0 Å². The van der Waals surface area contributed by atoms with Crippen molar-refractivity contribution in [3.63, 3.8) is 0 Å². The Morgan fingerprint density at radius 3 is 0.333 bits per heavy atom. The van der Waals surface area contributed by atoms with E-state index in [1.165, 1.54) is 0 Å². The van der Waals surface area contributed by atoms with E-state index >= 15 is 0 Å². The van der Waals surface area contributed by atoms with Crippen LogP contribution in [0, 0.1) is 21.6 Å². The van der Waals surface area contributed by atoms with Gasteiger partial charge in [0, 0.05) is 97.1 Å². The molecule has 0 fully saturated rings. The van der Waals surface area contributed by atoms with E-state index in [1.807, 2.05) is 194 Å². The average Bonchev–Trinajstić information content (AvgIpc) is 0.617. The van der Waals surface area contributed by atoms with E-state index < -0.39 is 24.9 Å². The minimum Gasteiger partial charge on any atom is -0.412 e. The van der Waals surface area contributed by atoms with Gasteiger partial charge in [0.2, 0.25) is 0 Å². The van der Waals surface area contributed by atoms with E-state index in [0.717, 1.165) is 0 Å². The Kier molecular flexibility index (Phi) is 22.0.